The summed E-state index contributed by atoms with van der Waals surface area (Å²) in [5.74, 6) is -0.691. The van der Waals surface area contributed by atoms with Crippen LogP contribution in [0.15, 0.2) is 47.5 Å². The van der Waals surface area contributed by atoms with Crippen LogP contribution in [-0.4, -0.2) is 30.9 Å². The molecule has 0 unspecified atom stereocenters. The van der Waals surface area contributed by atoms with E-state index >= 15 is 0 Å². The zero-order valence-electron chi connectivity index (χ0n) is 14.9. The maximum Gasteiger partial charge on any atom is 0.160 e. The van der Waals surface area contributed by atoms with Gasteiger partial charge in [0.1, 0.15) is 5.84 Å². The van der Waals surface area contributed by atoms with E-state index in [9.17, 15) is 8.78 Å². The van der Waals surface area contributed by atoms with Crippen LogP contribution in [0.2, 0.25) is 0 Å². The Bertz CT molecular complexity index is 825. The molecule has 3 nitrogen and oxygen atoms in total. The second-order valence-electron chi connectivity index (χ2n) is 7.46. The maximum absolute atomic E-state index is 13.7. The monoisotopic (exact) mass is 355 g/mol. The topological polar surface area (TPSA) is 27.6 Å². The van der Waals surface area contributed by atoms with Crippen molar-refractivity contribution in [2.75, 3.05) is 25.5 Å². The maximum atomic E-state index is 13.7. The van der Waals surface area contributed by atoms with E-state index in [0.717, 1.165) is 42.9 Å². The number of halogens is 2. The standard InChI is InChI=1S/C21H23F2N3/c1-26-9-7-21(8-10-26)13-16-11-17(22)18(23)12-19(16)25-20(21)24-14-15-5-3-2-4-6-15/h2-6,11-12H,7-10,13-14H2,1H3,(H,24,25). The van der Waals surface area contributed by atoms with Crippen molar-refractivity contribution in [3.05, 3.63) is 65.2 Å². The molecular weight excluding hydrogens is 332 g/mol. The number of anilines is 1. The molecule has 26 heavy (non-hydrogen) atoms. The van der Waals surface area contributed by atoms with Crippen LogP contribution < -0.4 is 5.32 Å². The largest absolute Gasteiger partial charge is 0.343 e. The number of rotatable bonds is 2. The number of likely N-dealkylation sites (tertiary alicyclic amines) is 1. The first-order valence-electron chi connectivity index (χ1n) is 9.08. The first-order valence-corrected chi connectivity index (χ1v) is 9.08. The van der Waals surface area contributed by atoms with E-state index in [1.807, 2.05) is 18.2 Å². The Morgan fingerprint density at radius 3 is 2.50 bits per heavy atom. The number of aliphatic imine (C=N–C) groups is 1. The molecule has 2 aliphatic rings. The summed E-state index contributed by atoms with van der Waals surface area (Å²) < 4.78 is 27.5. The van der Waals surface area contributed by atoms with Crippen molar-refractivity contribution < 1.29 is 8.78 Å². The van der Waals surface area contributed by atoms with Crippen molar-refractivity contribution in [1.82, 2.24) is 4.90 Å². The molecule has 1 saturated heterocycles. The number of benzene rings is 2. The second kappa shape index (κ2) is 6.80. The third-order valence-electron chi connectivity index (χ3n) is 5.64. The molecule has 4 rings (SSSR count). The minimum atomic E-state index is -0.821. The molecule has 0 saturated carbocycles. The molecule has 0 aromatic heterocycles. The summed E-state index contributed by atoms with van der Waals surface area (Å²) in [6, 6.07) is 12.7. The molecule has 0 radical (unpaired) electrons. The van der Waals surface area contributed by atoms with Crippen molar-refractivity contribution in [1.29, 1.82) is 0 Å². The molecule has 1 N–H and O–H groups in total. The fourth-order valence-electron chi connectivity index (χ4n) is 3.98. The summed E-state index contributed by atoms with van der Waals surface area (Å²) in [6.45, 7) is 2.54. The van der Waals surface area contributed by atoms with Crippen LogP contribution in [0.4, 0.5) is 14.5 Å². The minimum Gasteiger partial charge on any atom is -0.343 e. The van der Waals surface area contributed by atoms with Crippen LogP contribution in [0.3, 0.4) is 0 Å². The lowest BCUT2D eigenvalue weighted by Gasteiger charge is -2.45. The van der Waals surface area contributed by atoms with E-state index in [2.05, 4.69) is 29.4 Å². The average Bonchev–Trinajstić information content (AvgIpc) is 2.65. The van der Waals surface area contributed by atoms with Gasteiger partial charge in [0.2, 0.25) is 0 Å². The number of hydrogen-bond acceptors (Lipinski definition) is 2. The molecule has 5 heteroatoms. The van der Waals surface area contributed by atoms with Gasteiger partial charge in [-0.15, -0.1) is 0 Å². The van der Waals surface area contributed by atoms with Gasteiger partial charge in [-0.05, 0) is 56.6 Å². The minimum absolute atomic E-state index is 0.126. The van der Waals surface area contributed by atoms with Crippen LogP contribution in [0, 0.1) is 17.0 Å². The van der Waals surface area contributed by atoms with Gasteiger partial charge in [-0.3, -0.25) is 4.99 Å². The van der Waals surface area contributed by atoms with Gasteiger partial charge in [-0.1, -0.05) is 30.3 Å². The van der Waals surface area contributed by atoms with Crippen molar-refractivity contribution in [2.24, 2.45) is 10.4 Å². The van der Waals surface area contributed by atoms with Crippen LogP contribution in [0.25, 0.3) is 0 Å². The summed E-state index contributed by atoms with van der Waals surface area (Å²) in [6.07, 6.45) is 2.62. The van der Waals surface area contributed by atoms with Gasteiger partial charge in [-0.2, -0.15) is 0 Å². The SMILES string of the molecule is CN1CCC2(CC1)Cc1cc(F)c(F)cc1NC2=NCc1ccccc1. The Morgan fingerprint density at radius 1 is 1.08 bits per heavy atom. The fraction of sp³-hybridized carbons (Fsp3) is 0.381. The van der Waals surface area contributed by atoms with Gasteiger partial charge in [-0.25, -0.2) is 8.78 Å². The number of nitrogens with zero attached hydrogens (tertiary/aromatic N) is 2. The molecule has 1 fully saturated rings. The lowest BCUT2D eigenvalue weighted by Crippen LogP contribution is -2.49. The Kier molecular flexibility index (Phi) is 4.49. The lowest BCUT2D eigenvalue weighted by atomic mass is 9.70. The summed E-state index contributed by atoms with van der Waals surface area (Å²) >= 11 is 0. The zero-order valence-corrected chi connectivity index (χ0v) is 14.9. The summed E-state index contributed by atoms with van der Waals surface area (Å²) in [4.78, 5) is 7.18. The molecule has 2 aromatic carbocycles. The molecule has 0 bridgehead atoms. The first kappa shape index (κ1) is 17.2. The number of hydrogen-bond donors (Lipinski definition) is 1. The highest BCUT2D eigenvalue weighted by Gasteiger charge is 2.42. The smallest absolute Gasteiger partial charge is 0.160 e. The molecular formula is C21H23F2N3. The average molecular weight is 355 g/mol. The van der Waals surface area contributed by atoms with Crippen LogP contribution in [-0.2, 0) is 13.0 Å². The van der Waals surface area contributed by atoms with Crippen LogP contribution in [0.5, 0.6) is 0 Å². The van der Waals surface area contributed by atoms with E-state index in [4.69, 9.17) is 4.99 Å². The second-order valence-corrected chi connectivity index (χ2v) is 7.46. The summed E-state index contributed by atoms with van der Waals surface area (Å²) in [5.41, 5.74) is 2.49. The van der Waals surface area contributed by atoms with Crippen molar-refractivity contribution in [3.63, 3.8) is 0 Å². The van der Waals surface area contributed by atoms with Gasteiger partial charge in [0.15, 0.2) is 11.6 Å². The molecule has 0 atom stereocenters. The van der Waals surface area contributed by atoms with Gasteiger partial charge >= 0.3 is 0 Å². The molecule has 2 heterocycles. The van der Waals surface area contributed by atoms with E-state index < -0.39 is 11.6 Å². The van der Waals surface area contributed by atoms with Gasteiger partial charge in [0.05, 0.1) is 6.54 Å². The Labute approximate surface area is 152 Å². The molecule has 0 aliphatic carbocycles. The fourth-order valence-corrected chi connectivity index (χ4v) is 3.98. The molecule has 1 spiro atoms. The molecule has 136 valence electrons. The summed E-state index contributed by atoms with van der Waals surface area (Å²) in [5, 5.41) is 3.34. The van der Waals surface area contributed by atoms with E-state index in [0.29, 0.717) is 18.7 Å². The summed E-state index contributed by atoms with van der Waals surface area (Å²) in [7, 11) is 2.12. The predicted molar refractivity (Wildman–Crippen MR) is 100 cm³/mol. The van der Waals surface area contributed by atoms with E-state index in [1.54, 1.807) is 0 Å². The van der Waals surface area contributed by atoms with E-state index in [1.165, 1.54) is 12.1 Å². The first-order chi connectivity index (χ1) is 12.6. The predicted octanol–water partition coefficient (Wildman–Crippen LogP) is 4.24. The number of nitrogens with one attached hydrogen (secondary N) is 1. The Balaban J connectivity index is 1.70. The number of fused-ring (bicyclic) bond motifs is 1. The highest BCUT2D eigenvalue weighted by Crippen LogP contribution is 2.42. The van der Waals surface area contributed by atoms with Gasteiger partial charge < -0.3 is 10.2 Å². The zero-order chi connectivity index (χ0) is 18.1. The van der Waals surface area contributed by atoms with Gasteiger partial charge in [0.25, 0.3) is 0 Å². The quantitative estimate of drug-likeness (QED) is 0.872. The van der Waals surface area contributed by atoms with E-state index in [-0.39, 0.29) is 5.41 Å². The highest BCUT2D eigenvalue weighted by molar-refractivity contribution is 6.02. The number of amidine groups is 1. The third-order valence-corrected chi connectivity index (χ3v) is 5.64. The van der Waals surface area contributed by atoms with Crippen LogP contribution >= 0.6 is 0 Å². The molecule has 2 aromatic rings. The molecule has 0 amide bonds. The van der Waals surface area contributed by atoms with Crippen LogP contribution in [0.1, 0.15) is 24.0 Å². The van der Waals surface area contributed by atoms with Crippen molar-refractivity contribution in [3.8, 4) is 0 Å². The molecule has 2 aliphatic heterocycles. The van der Waals surface area contributed by atoms with Crippen molar-refractivity contribution in [2.45, 2.75) is 25.8 Å². The highest BCUT2D eigenvalue weighted by atomic mass is 19.2. The Hall–Kier alpha value is -2.27. The lowest BCUT2D eigenvalue weighted by molar-refractivity contribution is 0.178. The number of piperidine rings is 1. The van der Waals surface area contributed by atoms with Gasteiger partial charge in [0, 0.05) is 17.2 Å². The van der Waals surface area contributed by atoms with Crippen molar-refractivity contribution >= 4 is 11.5 Å². The normalized spacial score (nSPS) is 20.8. The Morgan fingerprint density at radius 2 is 1.77 bits per heavy atom. The third kappa shape index (κ3) is 3.23.